The third-order valence-electron chi connectivity index (χ3n) is 2.03. The number of hydrogen-bond donors (Lipinski definition) is 0. The first kappa shape index (κ1) is 13.3. The lowest BCUT2D eigenvalue weighted by Gasteiger charge is -2.16. The summed E-state index contributed by atoms with van der Waals surface area (Å²) in [5.74, 6) is 0.752. The molecule has 0 aromatic heterocycles. The van der Waals surface area contributed by atoms with Crippen molar-refractivity contribution in [3.8, 4) is 5.75 Å². The number of nitrogens with zero attached hydrogens (tertiary/aromatic N) is 1. The maximum Gasteiger partial charge on any atom is 0.233 e. The van der Waals surface area contributed by atoms with Crippen LogP contribution in [0, 0.1) is 0 Å². The molecule has 0 fully saturated rings. The molecule has 0 aliphatic carbocycles. The summed E-state index contributed by atoms with van der Waals surface area (Å²) < 4.78 is 5.46. The number of ether oxygens (including phenoxy) is 1. The van der Waals surface area contributed by atoms with Gasteiger partial charge in [-0.05, 0) is 18.2 Å². The molecule has 0 saturated heterocycles. The van der Waals surface area contributed by atoms with Crippen LogP contribution in [-0.2, 0) is 4.79 Å². The highest BCUT2D eigenvalue weighted by Crippen LogP contribution is 2.16. The number of carbonyl (C=O) groups is 1. The van der Waals surface area contributed by atoms with Crippen LogP contribution in [0.15, 0.2) is 24.3 Å². The van der Waals surface area contributed by atoms with E-state index in [9.17, 15) is 4.79 Å². The third kappa shape index (κ3) is 4.41. The van der Waals surface area contributed by atoms with E-state index < -0.39 is 0 Å². The summed E-state index contributed by atoms with van der Waals surface area (Å²) in [7, 11) is 1.74. The highest BCUT2D eigenvalue weighted by Gasteiger charge is 2.05. The Morgan fingerprint density at radius 3 is 2.94 bits per heavy atom. The van der Waals surface area contributed by atoms with Crippen molar-refractivity contribution in [2.75, 3.05) is 25.5 Å². The summed E-state index contributed by atoms with van der Waals surface area (Å²) in [6.07, 6.45) is 0. The summed E-state index contributed by atoms with van der Waals surface area (Å²) in [4.78, 5) is 12.8. The smallest absolute Gasteiger partial charge is 0.233 e. The molecular formula is C11H13BrClNO2. The molecule has 1 aromatic rings. The number of likely N-dealkylation sites (N-methyl/N-ethyl adjacent to an activating group) is 1. The Hall–Kier alpha value is -0.740. The highest BCUT2D eigenvalue weighted by molar-refractivity contribution is 9.09. The molecular weight excluding hydrogens is 293 g/mol. The predicted octanol–water partition coefficient (Wildman–Crippen LogP) is 2.57. The van der Waals surface area contributed by atoms with Gasteiger partial charge in [0.05, 0.1) is 11.9 Å². The van der Waals surface area contributed by atoms with E-state index >= 15 is 0 Å². The molecule has 1 aromatic carbocycles. The fourth-order valence-electron chi connectivity index (χ4n) is 1.08. The van der Waals surface area contributed by atoms with E-state index in [-0.39, 0.29) is 5.91 Å². The average Bonchev–Trinajstić information content (AvgIpc) is 2.28. The van der Waals surface area contributed by atoms with Crippen LogP contribution in [0.4, 0.5) is 0 Å². The number of benzene rings is 1. The second-order valence-electron chi connectivity index (χ2n) is 3.25. The number of carbonyl (C=O) groups excluding carboxylic acids is 1. The van der Waals surface area contributed by atoms with Gasteiger partial charge in [-0.2, -0.15) is 0 Å². The van der Waals surface area contributed by atoms with E-state index in [1.54, 1.807) is 24.1 Å². The van der Waals surface area contributed by atoms with Gasteiger partial charge in [0.1, 0.15) is 12.4 Å². The van der Waals surface area contributed by atoms with Crippen molar-refractivity contribution in [2.24, 2.45) is 0 Å². The van der Waals surface area contributed by atoms with Gasteiger partial charge in [0.25, 0.3) is 0 Å². The van der Waals surface area contributed by atoms with Gasteiger partial charge in [-0.25, -0.2) is 0 Å². The van der Waals surface area contributed by atoms with Gasteiger partial charge in [-0.15, -0.1) is 0 Å². The first-order chi connectivity index (χ1) is 7.63. The van der Waals surface area contributed by atoms with Crippen molar-refractivity contribution < 1.29 is 9.53 Å². The van der Waals surface area contributed by atoms with Crippen molar-refractivity contribution in [1.29, 1.82) is 0 Å². The molecule has 0 atom stereocenters. The number of hydrogen-bond acceptors (Lipinski definition) is 2. The van der Waals surface area contributed by atoms with E-state index in [1.165, 1.54) is 0 Å². The van der Waals surface area contributed by atoms with Gasteiger partial charge in [0, 0.05) is 12.1 Å². The Kier molecular flexibility index (Phi) is 5.63. The van der Waals surface area contributed by atoms with Crippen molar-refractivity contribution in [2.45, 2.75) is 0 Å². The molecule has 0 N–H and O–H groups in total. The summed E-state index contributed by atoms with van der Waals surface area (Å²) in [5, 5.41) is 0.975. The lowest BCUT2D eigenvalue weighted by molar-refractivity contribution is -0.127. The van der Waals surface area contributed by atoms with Crippen LogP contribution in [0.1, 0.15) is 0 Å². The van der Waals surface area contributed by atoms with Crippen LogP contribution in [0.25, 0.3) is 0 Å². The van der Waals surface area contributed by atoms with Gasteiger partial charge in [-0.1, -0.05) is 33.6 Å². The molecule has 16 heavy (non-hydrogen) atoms. The van der Waals surface area contributed by atoms with Crippen LogP contribution in [-0.4, -0.2) is 36.3 Å². The Labute approximate surface area is 108 Å². The third-order valence-corrected chi connectivity index (χ3v) is 2.75. The molecule has 0 aliphatic heterocycles. The molecule has 0 aliphatic rings. The molecule has 0 radical (unpaired) electrons. The zero-order valence-electron chi connectivity index (χ0n) is 8.95. The zero-order chi connectivity index (χ0) is 12.0. The lowest BCUT2D eigenvalue weighted by Crippen LogP contribution is -2.31. The van der Waals surface area contributed by atoms with Crippen molar-refractivity contribution in [3.63, 3.8) is 0 Å². The van der Waals surface area contributed by atoms with Crippen LogP contribution in [0.2, 0.25) is 5.02 Å². The molecule has 1 amide bonds. The minimum atomic E-state index is 0.0368. The fraction of sp³-hybridized carbons (Fsp3) is 0.364. The van der Waals surface area contributed by atoms with Crippen molar-refractivity contribution in [3.05, 3.63) is 29.3 Å². The molecule has 0 bridgehead atoms. The van der Waals surface area contributed by atoms with Crippen LogP contribution in [0.3, 0.4) is 0 Å². The molecule has 0 saturated carbocycles. The monoisotopic (exact) mass is 305 g/mol. The van der Waals surface area contributed by atoms with E-state index in [4.69, 9.17) is 16.3 Å². The van der Waals surface area contributed by atoms with Crippen molar-refractivity contribution >= 4 is 33.4 Å². The van der Waals surface area contributed by atoms with Crippen molar-refractivity contribution in [1.82, 2.24) is 4.90 Å². The minimum Gasteiger partial charge on any atom is -0.492 e. The molecule has 3 nitrogen and oxygen atoms in total. The first-order valence-electron chi connectivity index (χ1n) is 4.82. The summed E-state index contributed by atoms with van der Waals surface area (Å²) in [5.41, 5.74) is 0. The Morgan fingerprint density at radius 1 is 1.56 bits per heavy atom. The number of halogens is 2. The van der Waals surface area contributed by atoms with Crippen LogP contribution >= 0.6 is 27.5 Å². The average molecular weight is 307 g/mol. The normalized spacial score (nSPS) is 9.94. The highest BCUT2D eigenvalue weighted by atomic mass is 79.9. The Balaban J connectivity index is 2.33. The van der Waals surface area contributed by atoms with E-state index in [0.717, 1.165) is 0 Å². The van der Waals surface area contributed by atoms with E-state index in [2.05, 4.69) is 15.9 Å². The maximum absolute atomic E-state index is 11.2. The van der Waals surface area contributed by atoms with Gasteiger partial charge >= 0.3 is 0 Å². The quantitative estimate of drug-likeness (QED) is 0.783. The first-order valence-corrected chi connectivity index (χ1v) is 6.31. The second-order valence-corrected chi connectivity index (χ2v) is 4.25. The number of alkyl halides is 1. The lowest BCUT2D eigenvalue weighted by atomic mass is 10.3. The standard InChI is InChI=1S/C11H13BrClNO2/c1-14(11(15)8-12)5-6-16-10-4-2-3-9(13)7-10/h2-4,7H,5-6,8H2,1H3. The fourth-order valence-corrected chi connectivity index (χ4v) is 1.69. The largest absolute Gasteiger partial charge is 0.492 e. The Bertz CT molecular complexity index is 360. The summed E-state index contributed by atoms with van der Waals surface area (Å²) in [6, 6.07) is 7.19. The second kappa shape index (κ2) is 6.76. The predicted molar refractivity (Wildman–Crippen MR) is 68.4 cm³/mol. The topological polar surface area (TPSA) is 29.5 Å². The minimum absolute atomic E-state index is 0.0368. The molecule has 0 unspecified atom stereocenters. The molecule has 0 heterocycles. The molecule has 1 rings (SSSR count). The zero-order valence-corrected chi connectivity index (χ0v) is 11.3. The summed E-state index contributed by atoms with van der Waals surface area (Å²) in [6.45, 7) is 1.01. The number of rotatable bonds is 5. The SMILES string of the molecule is CN(CCOc1cccc(Cl)c1)C(=O)CBr. The van der Waals surface area contributed by atoms with E-state index in [1.807, 2.05) is 12.1 Å². The van der Waals surface area contributed by atoms with Crippen LogP contribution in [0.5, 0.6) is 5.75 Å². The molecule has 88 valence electrons. The van der Waals surface area contributed by atoms with E-state index in [0.29, 0.717) is 29.3 Å². The molecule has 0 spiro atoms. The van der Waals surface area contributed by atoms with Gasteiger partial charge in [0.2, 0.25) is 5.91 Å². The van der Waals surface area contributed by atoms with Crippen LogP contribution < -0.4 is 4.74 Å². The molecule has 5 heteroatoms. The van der Waals surface area contributed by atoms with Gasteiger partial charge in [0.15, 0.2) is 0 Å². The number of amides is 1. The van der Waals surface area contributed by atoms with Gasteiger partial charge in [-0.3, -0.25) is 4.79 Å². The maximum atomic E-state index is 11.2. The van der Waals surface area contributed by atoms with Gasteiger partial charge < -0.3 is 9.64 Å². The Morgan fingerprint density at radius 2 is 2.31 bits per heavy atom. The summed E-state index contributed by atoms with van der Waals surface area (Å²) >= 11 is 8.92.